The van der Waals surface area contributed by atoms with Crippen molar-refractivity contribution in [2.75, 3.05) is 19.7 Å². The minimum atomic E-state index is -2.95. The van der Waals surface area contributed by atoms with E-state index in [4.69, 9.17) is 4.74 Å². The number of benzene rings is 1. The molecule has 5 nitrogen and oxygen atoms in total. The van der Waals surface area contributed by atoms with Crippen LogP contribution in [-0.2, 0) is 11.3 Å². The van der Waals surface area contributed by atoms with E-state index in [1.54, 1.807) is 25.1 Å². The predicted octanol–water partition coefficient (Wildman–Crippen LogP) is 3.33. The first-order valence-electron chi connectivity index (χ1n) is 9.18. The maximum Gasteiger partial charge on any atom is 0.387 e. The van der Waals surface area contributed by atoms with Crippen LogP contribution in [0.1, 0.15) is 38.7 Å². The molecule has 146 valence electrons. The molecule has 1 aliphatic heterocycles. The summed E-state index contributed by atoms with van der Waals surface area (Å²) in [6, 6.07) is 4.92. The largest absolute Gasteiger partial charge is 0.490 e. The van der Waals surface area contributed by atoms with Crippen LogP contribution in [0.5, 0.6) is 11.5 Å². The molecule has 1 heterocycles. The topological polar surface area (TPSA) is 59.6 Å². The van der Waals surface area contributed by atoms with Crippen LogP contribution >= 0.6 is 0 Å². The lowest BCUT2D eigenvalue weighted by Crippen LogP contribution is -2.33. The Kier molecular flexibility index (Phi) is 8.09. The Balaban J connectivity index is 1.94. The highest BCUT2D eigenvalue weighted by Gasteiger charge is 2.22. The Morgan fingerprint density at radius 1 is 1.35 bits per heavy atom. The van der Waals surface area contributed by atoms with Gasteiger partial charge in [-0.25, -0.2) is 0 Å². The van der Waals surface area contributed by atoms with Crippen molar-refractivity contribution >= 4 is 5.91 Å². The number of carbonyl (C=O) groups excluding carboxylic acids is 1. The minimum absolute atomic E-state index is 0.0175. The van der Waals surface area contributed by atoms with Crippen LogP contribution in [0.15, 0.2) is 18.2 Å². The van der Waals surface area contributed by atoms with Crippen molar-refractivity contribution in [3.8, 4) is 11.5 Å². The molecule has 1 aromatic carbocycles. The fourth-order valence-corrected chi connectivity index (χ4v) is 3.33. The molecule has 1 unspecified atom stereocenters. The van der Waals surface area contributed by atoms with Gasteiger partial charge in [-0.2, -0.15) is 8.78 Å². The van der Waals surface area contributed by atoms with Crippen molar-refractivity contribution in [3.63, 3.8) is 0 Å². The SMILES string of the molecule is CCOc1cccc(CNC(=O)CC(C)C2CCNCC2)c1OC(F)F. The summed E-state index contributed by atoms with van der Waals surface area (Å²) in [6.45, 7) is 3.36. The van der Waals surface area contributed by atoms with E-state index in [1.807, 2.05) is 0 Å². The summed E-state index contributed by atoms with van der Waals surface area (Å²) in [5.74, 6) is 0.990. The second-order valence-electron chi connectivity index (χ2n) is 6.60. The Bertz CT molecular complexity index is 578. The van der Waals surface area contributed by atoms with Gasteiger partial charge < -0.3 is 20.1 Å². The number of para-hydroxylation sites is 1. The first-order valence-corrected chi connectivity index (χ1v) is 9.18. The molecule has 7 heteroatoms. The third-order valence-electron chi connectivity index (χ3n) is 4.74. The molecule has 1 aliphatic rings. The molecule has 1 aromatic rings. The summed E-state index contributed by atoms with van der Waals surface area (Å²) in [5.41, 5.74) is 0.471. The van der Waals surface area contributed by atoms with Gasteiger partial charge in [0.15, 0.2) is 11.5 Å². The quantitative estimate of drug-likeness (QED) is 0.700. The van der Waals surface area contributed by atoms with Gasteiger partial charge in [0, 0.05) is 18.5 Å². The first-order chi connectivity index (χ1) is 12.5. The van der Waals surface area contributed by atoms with Crippen LogP contribution in [0.4, 0.5) is 8.78 Å². The lowest BCUT2D eigenvalue weighted by Gasteiger charge is -2.27. The van der Waals surface area contributed by atoms with Gasteiger partial charge in [0.1, 0.15) is 0 Å². The van der Waals surface area contributed by atoms with Gasteiger partial charge in [-0.3, -0.25) is 4.79 Å². The molecule has 0 radical (unpaired) electrons. The van der Waals surface area contributed by atoms with Gasteiger partial charge in [0.2, 0.25) is 5.91 Å². The van der Waals surface area contributed by atoms with Gasteiger partial charge in [0.05, 0.1) is 6.61 Å². The van der Waals surface area contributed by atoms with Crippen molar-refractivity contribution in [1.29, 1.82) is 0 Å². The summed E-state index contributed by atoms with van der Waals surface area (Å²) in [7, 11) is 0. The summed E-state index contributed by atoms with van der Waals surface area (Å²) in [5, 5.41) is 6.14. The van der Waals surface area contributed by atoms with Crippen molar-refractivity contribution < 1.29 is 23.0 Å². The van der Waals surface area contributed by atoms with E-state index >= 15 is 0 Å². The molecule has 0 bridgehead atoms. The summed E-state index contributed by atoms with van der Waals surface area (Å²) in [6.07, 6.45) is 2.59. The highest BCUT2D eigenvalue weighted by Crippen LogP contribution is 2.33. The zero-order valence-electron chi connectivity index (χ0n) is 15.4. The van der Waals surface area contributed by atoms with Crippen LogP contribution in [0.25, 0.3) is 0 Å². The maximum atomic E-state index is 12.7. The normalized spacial score (nSPS) is 16.3. The van der Waals surface area contributed by atoms with Crippen LogP contribution in [0.2, 0.25) is 0 Å². The molecule has 1 fully saturated rings. The van der Waals surface area contributed by atoms with E-state index in [-0.39, 0.29) is 24.0 Å². The number of piperidine rings is 1. The molecular formula is C19H28F2N2O3. The number of nitrogens with one attached hydrogen (secondary N) is 2. The lowest BCUT2D eigenvalue weighted by molar-refractivity contribution is -0.122. The van der Waals surface area contributed by atoms with E-state index in [0.717, 1.165) is 25.9 Å². The molecular weight excluding hydrogens is 342 g/mol. The predicted molar refractivity (Wildman–Crippen MR) is 95.5 cm³/mol. The monoisotopic (exact) mass is 370 g/mol. The van der Waals surface area contributed by atoms with Crippen molar-refractivity contribution in [2.24, 2.45) is 11.8 Å². The fraction of sp³-hybridized carbons (Fsp3) is 0.632. The van der Waals surface area contributed by atoms with Crippen molar-refractivity contribution in [1.82, 2.24) is 10.6 Å². The molecule has 1 atom stereocenters. The van der Waals surface area contributed by atoms with Crippen LogP contribution in [0, 0.1) is 11.8 Å². The van der Waals surface area contributed by atoms with E-state index < -0.39 is 6.61 Å². The summed E-state index contributed by atoms with van der Waals surface area (Å²) >= 11 is 0. The number of halogens is 2. The number of hydrogen-bond acceptors (Lipinski definition) is 4. The molecule has 0 aromatic heterocycles. The van der Waals surface area contributed by atoms with Gasteiger partial charge in [0.25, 0.3) is 0 Å². The molecule has 1 amide bonds. The number of amides is 1. The number of rotatable bonds is 9. The third kappa shape index (κ3) is 6.12. The average molecular weight is 370 g/mol. The van der Waals surface area contributed by atoms with Gasteiger partial charge in [-0.15, -0.1) is 0 Å². The second-order valence-corrected chi connectivity index (χ2v) is 6.60. The van der Waals surface area contributed by atoms with Gasteiger partial charge >= 0.3 is 6.61 Å². The molecule has 2 rings (SSSR count). The van der Waals surface area contributed by atoms with E-state index in [2.05, 4.69) is 22.3 Å². The van der Waals surface area contributed by atoms with E-state index in [9.17, 15) is 13.6 Å². The highest BCUT2D eigenvalue weighted by atomic mass is 19.3. The molecule has 26 heavy (non-hydrogen) atoms. The van der Waals surface area contributed by atoms with E-state index in [1.165, 1.54) is 0 Å². The zero-order valence-corrected chi connectivity index (χ0v) is 15.4. The summed E-state index contributed by atoms with van der Waals surface area (Å²) in [4.78, 5) is 12.3. The molecule has 0 aliphatic carbocycles. The van der Waals surface area contributed by atoms with Crippen molar-refractivity contribution in [2.45, 2.75) is 46.3 Å². The molecule has 2 N–H and O–H groups in total. The summed E-state index contributed by atoms with van der Waals surface area (Å²) < 4.78 is 35.4. The van der Waals surface area contributed by atoms with Gasteiger partial charge in [-0.1, -0.05) is 19.1 Å². The van der Waals surface area contributed by atoms with Crippen LogP contribution in [-0.4, -0.2) is 32.2 Å². The Labute approximate surface area is 153 Å². The highest BCUT2D eigenvalue weighted by molar-refractivity contribution is 5.76. The molecule has 0 saturated carbocycles. The lowest BCUT2D eigenvalue weighted by atomic mass is 9.84. The Morgan fingerprint density at radius 2 is 2.08 bits per heavy atom. The Morgan fingerprint density at radius 3 is 2.73 bits per heavy atom. The van der Waals surface area contributed by atoms with E-state index in [0.29, 0.717) is 30.4 Å². The van der Waals surface area contributed by atoms with Crippen LogP contribution < -0.4 is 20.1 Å². The number of ether oxygens (including phenoxy) is 2. The molecule has 0 spiro atoms. The second kappa shape index (κ2) is 10.3. The zero-order chi connectivity index (χ0) is 18.9. The standard InChI is InChI=1S/C19H28F2N2O3/c1-3-25-16-6-4-5-15(18(16)26-19(20)21)12-23-17(24)11-13(2)14-7-9-22-10-8-14/h4-6,13-14,19,22H,3,7-12H2,1-2H3,(H,23,24). The maximum absolute atomic E-state index is 12.7. The molecule has 1 saturated heterocycles. The first kappa shape index (κ1) is 20.4. The smallest absolute Gasteiger partial charge is 0.387 e. The average Bonchev–Trinajstić information content (AvgIpc) is 2.62. The Hall–Kier alpha value is -1.89. The van der Waals surface area contributed by atoms with Crippen molar-refractivity contribution in [3.05, 3.63) is 23.8 Å². The third-order valence-corrected chi connectivity index (χ3v) is 4.74. The number of alkyl halides is 2. The fourth-order valence-electron chi connectivity index (χ4n) is 3.33. The van der Waals surface area contributed by atoms with Gasteiger partial charge in [-0.05, 0) is 50.8 Å². The van der Waals surface area contributed by atoms with Crippen LogP contribution in [0.3, 0.4) is 0 Å². The minimum Gasteiger partial charge on any atom is -0.490 e. The number of hydrogen-bond donors (Lipinski definition) is 2. The number of carbonyl (C=O) groups is 1.